The van der Waals surface area contributed by atoms with E-state index < -0.39 is 5.97 Å². The lowest BCUT2D eigenvalue weighted by molar-refractivity contribution is -0.141. The molecule has 0 saturated carbocycles. The molecule has 1 amide bonds. The van der Waals surface area contributed by atoms with Crippen LogP contribution in [-0.4, -0.2) is 38.6 Å². The number of nitrogens with two attached hydrogens (primary N) is 1. The molecule has 1 aliphatic heterocycles. The van der Waals surface area contributed by atoms with Crippen LogP contribution in [0.4, 0.5) is 11.4 Å². The molecule has 0 radical (unpaired) electrons. The van der Waals surface area contributed by atoms with Gasteiger partial charge in [0.15, 0.2) is 0 Å². The molecule has 28 heavy (non-hydrogen) atoms. The fourth-order valence-corrected chi connectivity index (χ4v) is 3.71. The van der Waals surface area contributed by atoms with Crippen LogP contribution >= 0.6 is 0 Å². The number of nitrogens with one attached hydrogen (secondary N) is 1. The van der Waals surface area contributed by atoms with Crippen molar-refractivity contribution < 1.29 is 14.3 Å². The van der Waals surface area contributed by atoms with Crippen molar-refractivity contribution >= 4 is 23.3 Å². The van der Waals surface area contributed by atoms with Crippen LogP contribution in [0.5, 0.6) is 0 Å². The first-order chi connectivity index (χ1) is 13.6. The van der Waals surface area contributed by atoms with Crippen LogP contribution in [0.2, 0.25) is 0 Å². The van der Waals surface area contributed by atoms with Crippen molar-refractivity contribution in [1.82, 2.24) is 5.32 Å². The molecule has 6 heteroatoms. The summed E-state index contributed by atoms with van der Waals surface area (Å²) in [5.41, 5.74) is 10.0. The topological polar surface area (TPSA) is 84.7 Å². The van der Waals surface area contributed by atoms with Gasteiger partial charge in [-0.2, -0.15) is 0 Å². The minimum Gasteiger partial charge on any atom is -0.468 e. The molecule has 6 nitrogen and oxygen atoms in total. The molecule has 1 heterocycles. The minimum atomic E-state index is -0.448. The summed E-state index contributed by atoms with van der Waals surface area (Å²) in [4.78, 5) is 25.8. The van der Waals surface area contributed by atoms with Gasteiger partial charge in [0.2, 0.25) is 5.91 Å². The van der Waals surface area contributed by atoms with Gasteiger partial charge in [-0.1, -0.05) is 24.3 Å². The molecule has 0 aliphatic carbocycles. The Balaban J connectivity index is 1.61. The molecule has 0 bridgehead atoms. The van der Waals surface area contributed by atoms with Crippen LogP contribution < -0.4 is 16.0 Å². The Labute approximate surface area is 165 Å². The van der Waals surface area contributed by atoms with Crippen LogP contribution in [0.3, 0.4) is 0 Å². The summed E-state index contributed by atoms with van der Waals surface area (Å²) in [7, 11) is 1.31. The molecule has 148 valence electrons. The van der Waals surface area contributed by atoms with Crippen molar-refractivity contribution in [3.8, 4) is 0 Å². The van der Waals surface area contributed by atoms with Crippen LogP contribution in [0.15, 0.2) is 48.5 Å². The Morgan fingerprint density at radius 2 is 1.79 bits per heavy atom. The molecule has 0 spiro atoms. The lowest BCUT2D eigenvalue weighted by Crippen LogP contribution is -2.34. The highest BCUT2D eigenvalue weighted by Gasteiger charge is 2.23. The Kier molecular flexibility index (Phi) is 6.53. The van der Waals surface area contributed by atoms with Crippen molar-refractivity contribution in [2.75, 3.05) is 37.4 Å². The molecule has 1 aliphatic rings. The third-order valence-corrected chi connectivity index (χ3v) is 5.26. The number of rotatable bonds is 6. The Hall–Kier alpha value is -3.02. The molecule has 3 N–H and O–H groups in total. The maximum Gasteiger partial charge on any atom is 0.325 e. The fraction of sp³-hybridized carbons (Fsp3) is 0.364. The number of anilines is 2. The van der Waals surface area contributed by atoms with Gasteiger partial charge in [-0.3, -0.25) is 9.59 Å². The maximum atomic E-state index is 12.2. The van der Waals surface area contributed by atoms with Gasteiger partial charge in [0.25, 0.3) is 0 Å². The van der Waals surface area contributed by atoms with E-state index in [0.717, 1.165) is 37.2 Å². The Morgan fingerprint density at radius 3 is 2.46 bits per heavy atom. The molecule has 0 atom stereocenters. The SMILES string of the molecule is COC(=O)CNC(=O)Cc1ccccc1C1CCN(c2ccc(N)cc2)CC1. The standard InChI is InChI=1S/C22H27N3O3/c1-28-22(27)15-24-21(26)14-17-4-2-3-5-20(17)16-10-12-25(13-11-16)19-8-6-18(23)7-9-19/h2-9,16H,10-15,23H2,1H3,(H,24,26). The number of amides is 1. The van der Waals surface area contributed by atoms with Crippen molar-refractivity contribution in [3.63, 3.8) is 0 Å². The number of carbonyl (C=O) groups excluding carboxylic acids is 2. The van der Waals surface area contributed by atoms with E-state index in [1.807, 2.05) is 30.3 Å². The molecule has 1 saturated heterocycles. The van der Waals surface area contributed by atoms with Crippen LogP contribution in [0.25, 0.3) is 0 Å². The van der Waals surface area contributed by atoms with E-state index in [4.69, 9.17) is 5.73 Å². The second-order valence-electron chi connectivity index (χ2n) is 7.08. The smallest absolute Gasteiger partial charge is 0.325 e. The largest absolute Gasteiger partial charge is 0.468 e. The van der Waals surface area contributed by atoms with E-state index in [0.29, 0.717) is 5.92 Å². The fourth-order valence-electron chi connectivity index (χ4n) is 3.71. The van der Waals surface area contributed by atoms with E-state index >= 15 is 0 Å². The van der Waals surface area contributed by atoms with Gasteiger partial charge in [-0.05, 0) is 54.2 Å². The van der Waals surface area contributed by atoms with Gasteiger partial charge in [-0.25, -0.2) is 0 Å². The second-order valence-corrected chi connectivity index (χ2v) is 7.08. The summed E-state index contributed by atoms with van der Waals surface area (Å²) >= 11 is 0. The normalized spacial score (nSPS) is 14.5. The molecule has 1 fully saturated rings. The second kappa shape index (κ2) is 9.26. The van der Waals surface area contributed by atoms with Crippen LogP contribution in [0.1, 0.15) is 29.9 Å². The number of ether oxygens (including phenoxy) is 1. The van der Waals surface area contributed by atoms with Gasteiger partial charge in [0.1, 0.15) is 6.54 Å². The van der Waals surface area contributed by atoms with Gasteiger partial charge < -0.3 is 20.7 Å². The molecule has 3 rings (SSSR count). The molecular weight excluding hydrogens is 354 g/mol. The molecule has 2 aromatic carbocycles. The number of hydrogen-bond acceptors (Lipinski definition) is 5. The predicted molar refractivity (Wildman–Crippen MR) is 110 cm³/mol. The number of methoxy groups -OCH3 is 1. The number of carbonyl (C=O) groups is 2. The number of piperidine rings is 1. The highest BCUT2D eigenvalue weighted by Crippen LogP contribution is 2.32. The Morgan fingerprint density at radius 1 is 1.11 bits per heavy atom. The van der Waals surface area contributed by atoms with E-state index in [-0.39, 0.29) is 18.9 Å². The minimum absolute atomic E-state index is 0.0997. The maximum absolute atomic E-state index is 12.2. The van der Waals surface area contributed by atoms with Crippen LogP contribution in [0, 0.1) is 0 Å². The summed E-state index contributed by atoms with van der Waals surface area (Å²) in [5.74, 6) is -0.191. The molecule has 2 aromatic rings. The van der Waals surface area contributed by atoms with E-state index in [9.17, 15) is 9.59 Å². The van der Waals surface area contributed by atoms with E-state index in [2.05, 4.69) is 33.2 Å². The van der Waals surface area contributed by atoms with Crippen LogP contribution in [-0.2, 0) is 20.7 Å². The number of esters is 1. The predicted octanol–water partition coefficient (Wildman–Crippen LogP) is 2.48. The molecule has 0 aromatic heterocycles. The van der Waals surface area contributed by atoms with Gasteiger partial charge in [0, 0.05) is 24.5 Å². The van der Waals surface area contributed by atoms with E-state index in [1.165, 1.54) is 18.4 Å². The zero-order valence-corrected chi connectivity index (χ0v) is 16.2. The first-order valence-electron chi connectivity index (χ1n) is 9.58. The van der Waals surface area contributed by atoms with Crippen molar-refractivity contribution in [3.05, 3.63) is 59.7 Å². The van der Waals surface area contributed by atoms with E-state index in [1.54, 1.807) is 0 Å². The van der Waals surface area contributed by atoms with Gasteiger partial charge >= 0.3 is 5.97 Å². The van der Waals surface area contributed by atoms with Gasteiger partial charge in [-0.15, -0.1) is 0 Å². The average Bonchev–Trinajstić information content (AvgIpc) is 2.73. The number of nitrogens with zero attached hydrogens (tertiary/aromatic N) is 1. The highest BCUT2D eigenvalue weighted by molar-refractivity contribution is 5.83. The first kappa shape index (κ1) is 19.7. The number of nitrogen functional groups attached to an aromatic ring is 1. The average molecular weight is 381 g/mol. The quantitative estimate of drug-likeness (QED) is 0.593. The molecular formula is C22H27N3O3. The summed E-state index contributed by atoms with van der Waals surface area (Å²) in [6.45, 7) is 1.84. The lowest BCUT2D eigenvalue weighted by Gasteiger charge is -2.34. The summed E-state index contributed by atoms with van der Waals surface area (Å²) < 4.78 is 4.56. The molecule has 0 unspecified atom stereocenters. The van der Waals surface area contributed by atoms with Crippen molar-refractivity contribution in [2.24, 2.45) is 0 Å². The first-order valence-corrected chi connectivity index (χ1v) is 9.58. The van der Waals surface area contributed by atoms with Crippen molar-refractivity contribution in [2.45, 2.75) is 25.2 Å². The third-order valence-electron chi connectivity index (χ3n) is 5.26. The summed E-state index contributed by atoms with van der Waals surface area (Å²) in [6, 6.07) is 16.1. The monoisotopic (exact) mass is 381 g/mol. The lowest BCUT2D eigenvalue weighted by atomic mass is 9.85. The summed E-state index contributed by atoms with van der Waals surface area (Å²) in [6.07, 6.45) is 2.34. The highest BCUT2D eigenvalue weighted by atomic mass is 16.5. The van der Waals surface area contributed by atoms with Crippen molar-refractivity contribution in [1.29, 1.82) is 0 Å². The Bertz CT molecular complexity index is 812. The number of benzene rings is 2. The zero-order valence-electron chi connectivity index (χ0n) is 16.2. The summed E-state index contributed by atoms with van der Waals surface area (Å²) in [5, 5.41) is 2.61. The zero-order chi connectivity index (χ0) is 19.9. The van der Waals surface area contributed by atoms with Gasteiger partial charge in [0.05, 0.1) is 13.5 Å². The number of hydrogen-bond donors (Lipinski definition) is 2. The third kappa shape index (κ3) is 5.03.